The number of aliphatic imine (C=N–C) groups is 1. The van der Waals surface area contributed by atoms with Crippen LogP contribution in [0.1, 0.15) is 30.6 Å². The molecule has 1 amide bonds. The predicted octanol–water partition coefficient (Wildman–Crippen LogP) is 2.91. The van der Waals surface area contributed by atoms with Crippen molar-refractivity contribution in [3.63, 3.8) is 0 Å². The van der Waals surface area contributed by atoms with Crippen molar-refractivity contribution in [2.45, 2.75) is 26.4 Å². The van der Waals surface area contributed by atoms with Gasteiger partial charge in [0.15, 0.2) is 5.96 Å². The molecule has 1 aliphatic rings. The molecular formula is C21H33F3IN5O2. The Labute approximate surface area is 204 Å². The fourth-order valence-corrected chi connectivity index (χ4v) is 3.62. The van der Waals surface area contributed by atoms with E-state index in [4.69, 9.17) is 0 Å². The van der Waals surface area contributed by atoms with Gasteiger partial charge in [-0.05, 0) is 37.9 Å². The van der Waals surface area contributed by atoms with E-state index in [1.165, 1.54) is 11.0 Å². The first-order chi connectivity index (χ1) is 14.7. The molecule has 3 N–H and O–H groups in total. The zero-order chi connectivity index (χ0) is 22.9. The Bertz CT molecular complexity index is 748. The molecule has 2 rings (SSSR count). The van der Waals surface area contributed by atoms with Gasteiger partial charge in [-0.1, -0.05) is 19.1 Å². The molecule has 0 aromatic heterocycles. The van der Waals surface area contributed by atoms with Crippen molar-refractivity contribution >= 4 is 35.8 Å². The Morgan fingerprint density at radius 2 is 2.00 bits per heavy atom. The highest BCUT2D eigenvalue weighted by Gasteiger charge is 2.33. The summed E-state index contributed by atoms with van der Waals surface area (Å²) in [5.41, 5.74) is 0.208. The molecule has 0 bridgehead atoms. The highest BCUT2D eigenvalue weighted by molar-refractivity contribution is 14.0. The van der Waals surface area contributed by atoms with Gasteiger partial charge in [-0.3, -0.25) is 14.7 Å². The van der Waals surface area contributed by atoms with Gasteiger partial charge in [-0.2, -0.15) is 13.2 Å². The number of benzene rings is 1. The van der Waals surface area contributed by atoms with Crippen LogP contribution in [0, 0.1) is 5.92 Å². The number of guanidine groups is 1. The topological polar surface area (TPSA) is 80.2 Å². The second-order valence-corrected chi connectivity index (χ2v) is 7.55. The first kappa shape index (κ1) is 28.3. The number of rotatable bonds is 9. The third-order valence-electron chi connectivity index (χ3n) is 5.09. The van der Waals surface area contributed by atoms with Crippen LogP contribution in [0.4, 0.5) is 13.2 Å². The number of likely N-dealkylation sites (tertiary alicyclic amines) is 1. The lowest BCUT2D eigenvalue weighted by atomic mass is 10.1. The number of alkyl halides is 3. The summed E-state index contributed by atoms with van der Waals surface area (Å²) in [6.07, 6.45) is -3.38. The minimum absolute atomic E-state index is 0. The van der Waals surface area contributed by atoms with E-state index < -0.39 is 12.7 Å². The largest absolute Gasteiger partial charge is 0.507 e. The predicted molar refractivity (Wildman–Crippen MR) is 130 cm³/mol. The van der Waals surface area contributed by atoms with Gasteiger partial charge < -0.3 is 20.6 Å². The third-order valence-corrected chi connectivity index (χ3v) is 5.09. The average molecular weight is 571 g/mol. The molecular weight excluding hydrogens is 538 g/mol. The molecule has 1 aromatic carbocycles. The summed E-state index contributed by atoms with van der Waals surface area (Å²) in [6, 6.07) is 6.31. The number of nitrogens with one attached hydrogen (secondary N) is 2. The molecule has 1 atom stereocenters. The fraction of sp³-hybridized carbons (Fsp3) is 0.619. The zero-order valence-electron chi connectivity index (χ0n) is 18.5. The van der Waals surface area contributed by atoms with Gasteiger partial charge >= 0.3 is 6.18 Å². The van der Waals surface area contributed by atoms with E-state index in [0.29, 0.717) is 45.2 Å². The number of aromatic hydroxyl groups is 1. The van der Waals surface area contributed by atoms with Crippen LogP contribution >= 0.6 is 24.0 Å². The minimum atomic E-state index is -4.19. The van der Waals surface area contributed by atoms with Gasteiger partial charge in [0.25, 0.3) is 5.91 Å². The Hall–Kier alpha value is -1.76. The second-order valence-electron chi connectivity index (χ2n) is 7.55. The maximum atomic E-state index is 12.7. The normalized spacial score (nSPS) is 16.8. The van der Waals surface area contributed by atoms with Crippen molar-refractivity contribution in [3.8, 4) is 5.75 Å². The molecule has 182 valence electrons. The smallest absolute Gasteiger partial charge is 0.401 e. The van der Waals surface area contributed by atoms with E-state index in [1.807, 2.05) is 6.92 Å². The minimum Gasteiger partial charge on any atom is -0.507 e. The molecule has 7 nitrogen and oxygen atoms in total. The van der Waals surface area contributed by atoms with Crippen LogP contribution in [-0.4, -0.2) is 85.3 Å². The number of phenols is 1. The quantitative estimate of drug-likeness (QED) is 0.184. The number of hydrogen-bond donors (Lipinski definition) is 3. The number of amides is 1. The van der Waals surface area contributed by atoms with Crippen LogP contribution in [0.2, 0.25) is 0 Å². The Morgan fingerprint density at radius 1 is 1.28 bits per heavy atom. The fourth-order valence-electron chi connectivity index (χ4n) is 3.62. The molecule has 1 fully saturated rings. The van der Waals surface area contributed by atoms with E-state index in [0.717, 1.165) is 13.0 Å². The van der Waals surface area contributed by atoms with Gasteiger partial charge in [0.1, 0.15) is 5.75 Å². The number of nitrogens with zero attached hydrogens (tertiary/aromatic N) is 3. The third kappa shape index (κ3) is 9.39. The molecule has 11 heteroatoms. The maximum Gasteiger partial charge on any atom is 0.401 e. The van der Waals surface area contributed by atoms with Crippen LogP contribution < -0.4 is 10.6 Å². The first-order valence-electron chi connectivity index (χ1n) is 10.6. The average Bonchev–Trinajstić information content (AvgIpc) is 3.17. The highest BCUT2D eigenvalue weighted by atomic mass is 127. The summed E-state index contributed by atoms with van der Waals surface area (Å²) in [5, 5.41) is 15.7. The van der Waals surface area contributed by atoms with E-state index in [1.54, 1.807) is 25.1 Å². The van der Waals surface area contributed by atoms with Crippen molar-refractivity contribution in [2.24, 2.45) is 10.9 Å². The second kappa shape index (κ2) is 13.7. The summed E-state index contributed by atoms with van der Waals surface area (Å²) >= 11 is 0. The lowest BCUT2D eigenvalue weighted by molar-refractivity contribution is -0.146. The molecule has 0 saturated carbocycles. The number of para-hydroxylation sites is 1. The van der Waals surface area contributed by atoms with E-state index in [9.17, 15) is 23.1 Å². The summed E-state index contributed by atoms with van der Waals surface area (Å²) in [4.78, 5) is 20.2. The number of hydrogen-bond acceptors (Lipinski definition) is 4. The van der Waals surface area contributed by atoms with Crippen LogP contribution in [0.15, 0.2) is 29.3 Å². The number of carbonyl (C=O) groups is 1. The number of halogens is 4. The zero-order valence-corrected chi connectivity index (χ0v) is 20.8. The molecule has 1 unspecified atom stereocenters. The SMILES string of the molecule is CCNC(=NCCNC(=O)c1ccccc1O)N1CCC(CN(CC)CC(F)(F)F)C1.I. The van der Waals surface area contributed by atoms with Crippen LogP contribution in [0.5, 0.6) is 5.75 Å². The van der Waals surface area contributed by atoms with E-state index in [2.05, 4.69) is 20.5 Å². The van der Waals surface area contributed by atoms with Crippen molar-refractivity contribution < 1.29 is 23.1 Å². The summed E-state index contributed by atoms with van der Waals surface area (Å²) in [6.45, 7) is 6.26. The molecule has 0 spiro atoms. The van der Waals surface area contributed by atoms with E-state index >= 15 is 0 Å². The Kier molecular flexibility index (Phi) is 12.1. The van der Waals surface area contributed by atoms with Gasteiger partial charge in [-0.25, -0.2) is 0 Å². The van der Waals surface area contributed by atoms with Gasteiger partial charge in [0.2, 0.25) is 0 Å². The molecule has 1 aromatic rings. The lowest BCUT2D eigenvalue weighted by Gasteiger charge is -2.26. The van der Waals surface area contributed by atoms with Crippen LogP contribution in [0.25, 0.3) is 0 Å². The van der Waals surface area contributed by atoms with Crippen molar-refractivity contribution in [1.29, 1.82) is 0 Å². The molecule has 1 saturated heterocycles. The summed E-state index contributed by atoms with van der Waals surface area (Å²) < 4.78 is 38.1. The van der Waals surface area contributed by atoms with Gasteiger partial charge in [-0.15, -0.1) is 24.0 Å². The molecule has 1 heterocycles. The standard InChI is InChI=1S/C21H32F3N5O2.HI/c1-3-25-20(27-11-10-26-19(31)17-7-5-6-8-18(17)30)29-12-9-16(14-29)13-28(4-2)15-21(22,23)24;/h5-8,16,30H,3-4,9-15H2,1-2H3,(H,25,27)(H,26,31);1H. The molecule has 0 aliphatic carbocycles. The highest BCUT2D eigenvalue weighted by Crippen LogP contribution is 2.21. The first-order valence-corrected chi connectivity index (χ1v) is 10.6. The van der Waals surface area contributed by atoms with Crippen LogP contribution in [-0.2, 0) is 0 Å². The van der Waals surface area contributed by atoms with Crippen molar-refractivity contribution in [2.75, 3.05) is 52.4 Å². The van der Waals surface area contributed by atoms with Crippen molar-refractivity contribution in [1.82, 2.24) is 20.4 Å². The summed E-state index contributed by atoms with van der Waals surface area (Å²) in [7, 11) is 0. The summed E-state index contributed by atoms with van der Waals surface area (Å²) in [5.74, 6) is 0.392. The number of phenolic OH excluding ortho intramolecular Hbond substituents is 1. The van der Waals surface area contributed by atoms with E-state index in [-0.39, 0.29) is 47.1 Å². The van der Waals surface area contributed by atoms with Gasteiger partial charge in [0, 0.05) is 32.7 Å². The Morgan fingerprint density at radius 3 is 2.62 bits per heavy atom. The monoisotopic (exact) mass is 571 g/mol. The number of carbonyl (C=O) groups excluding carboxylic acids is 1. The molecule has 0 radical (unpaired) electrons. The van der Waals surface area contributed by atoms with Crippen LogP contribution in [0.3, 0.4) is 0 Å². The lowest BCUT2D eigenvalue weighted by Crippen LogP contribution is -2.42. The Balaban J connectivity index is 0.00000512. The molecule has 32 heavy (non-hydrogen) atoms. The molecule has 1 aliphatic heterocycles. The maximum absolute atomic E-state index is 12.7. The van der Waals surface area contributed by atoms with Crippen molar-refractivity contribution in [3.05, 3.63) is 29.8 Å². The van der Waals surface area contributed by atoms with Gasteiger partial charge in [0.05, 0.1) is 18.7 Å².